The fraction of sp³-hybridized carbons (Fsp3) is 0.462. The lowest BCUT2D eigenvalue weighted by Gasteiger charge is -2.17. The number of rotatable bonds is 14. The number of benzene rings is 1. The Morgan fingerprint density at radius 3 is 2.06 bits per heavy atom. The normalized spacial score (nSPS) is 28.9. The van der Waals surface area contributed by atoms with Crippen LogP contribution in [0, 0.1) is 0 Å². The molecular weight excluding hydrogens is 716 g/mol. The van der Waals surface area contributed by atoms with Crippen LogP contribution in [0.4, 0.5) is 20.3 Å². The minimum absolute atomic E-state index is 0.281. The first-order valence-corrected chi connectivity index (χ1v) is 19.8. The van der Waals surface area contributed by atoms with Crippen LogP contribution < -0.4 is 10.6 Å². The molecule has 1 aromatic carbocycles. The molecule has 4 aromatic rings. The molecule has 0 bridgehead atoms. The number of nitrogens with zero attached hydrogens (tertiary/aromatic N) is 6. The van der Waals surface area contributed by atoms with Gasteiger partial charge in [-0.3, -0.25) is 13.7 Å². The van der Waals surface area contributed by atoms with Gasteiger partial charge in [0.2, 0.25) is 14.5 Å². The van der Waals surface area contributed by atoms with Crippen molar-refractivity contribution < 1.29 is 46.6 Å². The van der Waals surface area contributed by atoms with Gasteiger partial charge in [-0.1, -0.05) is 42.7 Å². The fourth-order valence-corrected chi connectivity index (χ4v) is 7.47. The summed E-state index contributed by atoms with van der Waals surface area (Å²) in [5.74, 6) is 0.394. The molecule has 16 nitrogen and oxygen atoms in total. The predicted molar refractivity (Wildman–Crippen MR) is 179 cm³/mol. The number of thiol groups is 2. The number of ether oxygens (including phenoxy) is 2. The summed E-state index contributed by atoms with van der Waals surface area (Å²) >= 11 is 7.45. The summed E-state index contributed by atoms with van der Waals surface area (Å²) in [6, 6.07) is 5.36. The lowest BCUT2D eigenvalue weighted by Crippen LogP contribution is -2.31. The van der Waals surface area contributed by atoms with Gasteiger partial charge >= 0.3 is 0 Å². The highest BCUT2D eigenvalue weighted by atomic mass is 32.7. The van der Waals surface area contributed by atoms with Crippen molar-refractivity contribution in [2.75, 3.05) is 36.9 Å². The number of aliphatic hydroxyl groups is 2. The van der Waals surface area contributed by atoms with Gasteiger partial charge in [-0.25, -0.2) is 28.7 Å². The summed E-state index contributed by atoms with van der Waals surface area (Å²) in [7, 11) is -5.55. The van der Waals surface area contributed by atoms with Crippen molar-refractivity contribution in [1.82, 2.24) is 29.1 Å². The van der Waals surface area contributed by atoms with Gasteiger partial charge in [0.15, 0.2) is 41.8 Å². The maximum atomic E-state index is 15.3. The second-order valence-corrected chi connectivity index (χ2v) is 14.4. The van der Waals surface area contributed by atoms with E-state index in [4.69, 9.17) is 18.5 Å². The van der Waals surface area contributed by atoms with E-state index in [1.54, 1.807) is 12.1 Å². The maximum Gasteiger partial charge on any atom is 0.243 e. The van der Waals surface area contributed by atoms with Crippen LogP contribution in [-0.4, -0.2) is 102 Å². The van der Waals surface area contributed by atoms with Crippen molar-refractivity contribution in [3.05, 3.63) is 49.3 Å². The third-order valence-electron chi connectivity index (χ3n) is 7.84. The number of hydrogen-bond donors (Lipinski definition) is 6. The fourth-order valence-electron chi connectivity index (χ4n) is 5.71. The SMILES string of the molecule is O=[PH](S)O[C@@H]1[C@@H](CO)OC(n2cnc3c(NC/C=C/CNc4ncnc5c4ncn5C4OC(CO)[C@@H](O[PH](=O)S)[C@H]4F)cccc32)[C@@H]1F. The van der Waals surface area contributed by atoms with Crippen LogP contribution in [-0.2, 0) is 27.7 Å². The van der Waals surface area contributed by atoms with Gasteiger partial charge in [0, 0.05) is 13.1 Å². The minimum atomic E-state index is -2.79. The molecule has 6 rings (SSSR count). The molecule has 0 spiro atoms. The molecule has 2 saturated heterocycles. The second kappa shape index (κ2) is 15.5. The zero-order valence-corrected chi connectivity index (χ0v) is 28.5. The van der Waals surface area contributed by atoms with Crippen molar-refractivity contribution in [1.29, 1.82) is 0 Å². The first-order valence-electron chi connectivity index (χ1n) is 14.6. The molecular formula is C26H32F2N8O8P2S2. The summed E-state index contributed by atoms with van der Waals surface area (Å²) in [5, 5.41) is 25.6. The number of fused-ring (bicyclic) bond motifs is 2. The van der Waals surface area contributed by atoms with Crippen LogP contribution >= 0.6 is 39.0 Å². The predicted octanol–water partition coefficient (Wildman–Crippen LogP) is 3.12. The van der Waals surface area contributed by atoms with E-state index < -0.39 is 76.9 Å². The highest BCUT2D eigenvalue weighted by molar-refractivity contribution is 8.39. The molecule has 260 valence electrons. The summed E-state index contributed by atoms with van der Waals surface area (Å²) in [5.41, 5.74) is 2.47. The number of alkyl halides is 2. The molecule has 0 radical (unpaired) electrons. The largest absolute Gasteiger partial charge is 0.394 e. The van der Waals surface area contributed by atoms with E-state index in [2.05, 4.69) is 55.1 Å². The van der Waals surface area contributed by atoms with E-state index in [0.29, 0.717) is 41.1 Å². The van der Waals surface area contributed by atoms with Crippen molar-refractivity contribution in [3.8, 4) is 0 Å². The molecule has 0 aliphatic carbocycles. The number of imidazole rings is 2. The molecule has 0 saturated carbocycles. The Hall–Kier alpha value is -2.64. The maximum absolute atomic E-state index is 15.3. The Morgan fingerprint density at radius 1 is 0.854 bits per heavy atom. The zero-order chi connectivity index (χ0) is 33.9. The van der Waals surface area contributed by atoms with E-state index in [1.165, 1.54) is 28.1 Å². The number of aromatic nitrogens is 6. The van der Waals surface area contributed by atoms with Gasteiger partial charge in [0.25, 0.3) is 0 Å². The first kappa shape index (κ1) is 35.2. The quantitative estimate of drug-likeness (QED) is 0.0625. The highest BCUT2D eigenvalue weighted by Gasteiger charge is 2.49. The second-order valence-electron chi connectivity index (χ2n) is 10.7. The van der Waals surface area contributed by atoms with E-state index in [1.807, 2.05) is 18.2 Å². The third kappa shape index (κ3) is 7.14. The van der Waals surface area contributed by atoms with Gasteiger partial charge in [-0.15, -0.1) is 0 Å². The zero-order valence-electron chi connectivity index (χ0n) is 24.7. The van der Waals surface area contributed by atoms with Crippen LogP contribution in [0.2, 0.25) is 0 Å². The molecule has 2 aliphatic heterocycles. The Kier molecular flexibility index (Phi) is 11.4. The molecule has 10 atom stereocenters. The summed E-state index contributed by atoms with van der Waals surface area (Å²) in [4.78, 5) is 17.2. The minimum Gasteiger partial charge on any atom is -0.394 e. The van der Waals surface area contributed by atoms with Crippen LogP contribution in [0.15, 0.2) is 49.3 Å². The van der Waals surface area contributed by atoms with Crippen LogP contribution in [0.5, 0.6) is 0 Å². The Bertz CT molecular complexity index is 1700. The average molecular weight is 749 g/mol. The van der Waals surface area contributed by atoms with Crippen LogP contribution in [0.1, 0.15) is 12.5 Å². The molecule has 3 aromatic heterocycles. The summed E-state index contributed by atoms with van der Waals surface area (Å²) in [6.45, 7) is -0.292. The van der Waals surface area contributed by atoms with Crippen molar-refractivity contribution in [3.63, 3.8) is 0 Å². The highest BCUT2D eigenvalue weighted by Crippen LogP contribution is 2.43. The molecule has 5 unspecified atom stereocenters. The van der Waals surface area contributed by atoms with Crippen molar-refractivity contribution >= 4 is 72.7 Å². The Balaban J connectivity index is 1.07. The molecule has 2 aliphatic rings. The van der Waals surface area contributed by atoms with Gasteiger partial charge < -0.3 is 43.9 Å². The van der Waals surface area contributed by atoms with E-state index in [0.717, 1.165) is 0 Å². The topological polar surface area (TPSA) is 197 Å². The van der Waals surface area contributed by atoms with E-state index in [9.17, 15) is 19.3 Å². The van der Waals surface area contributed by atoms with Gasteiger partial charge in [-0.2, -0.15) is 0 Å². The molecule has 0 amide bonds. The van der Waals surface area contributed by atoms with Gasteiger partial charge in [0.1, 0.15) is 36.3 Å². The molecule has 22 heteroatoms. The van der Waals surface area contributed by atoms with Gasteiger partial charge in [-0.05, 0) is 12.1 Å². The molecule has 48 heavy (non-hydrogen) atoms. The average Bonchev–Trinajstić information content (AvgIpc) is 3.83. The number of para-hydroxylation sites is 1. The smallest absolute Gasteiger partial charge is 0.243 e. The lowest BCUT2D eigenvalue weighted by atomic mass is 10.1. The Labute approximate surface area is 283 Å². The number of hydrogen-bond acceptors (Lipinski definition) is 14. The van der Waals surface area contributed by atoms with E-state index in [-0.39, 0.29) is 5.65 Å². The Morgan fingerprint density at radius 2 is 1.44 bits per heavy atom. The van der Waals surface area contributed by atoms with E-state index >= 15 is 8.78 Å². The molecule has 2 fully saturated rings. The number of anilines is 2. The summed E-state index contributed by atoms with van der Waals surface area (Å²) < 4.78 is 77.9. The number of aliphatic hydroxyl groups excluding tert-OH is 2. The van der Waals surface area contributed by atoms with Gasteiger partial charge in [0.05, 0.1) is 37.1 Å². The monoisotopic (exact) mass is 748 g/mol. The molecule has 5 heterocycles. The molecule has 4 N–H and O–H groups in total. The first-order chi connectivity index (χ1) is 23.2. The van der Waals surface area contributed by atoms with Crippen molar-refractivity contribution in [2.45, 2.75) is 49.2 Å². The van der Waals surface area contributed by atoms with Crippen molar-refractivity contribution in [2.24, 2.45) is 0 Å². The standard InChI is InChI=1S/C26H32F2N8O8P2S2/c27-17-21(43-45(39)47)15(8-37)41-25(17)35-11-33-19-13(4-3-5-14(19)35)29-6-1-2-7-30-23-20-24(32-10-31-23)36(12-34-20)26-18(28)22(44-46(40)48)16(9-38)42-26/h1-5,10-12,15-18,21-22,25-26,29,37-38,45-46H,6-9H2,(H,39,47)(H,40,48)(H,30,31,32)/b2-1+/t15-,16?,17-,18-,21-,22-,25?,26?/m1/s1. The van der Waals surface area contributed by atoms with Crippen LogP contribution in [0.3, 0.4) is 0 Å². The third-order valence-corrected chi connectivity index (χ3v) is 9.42. The lowest BCUT2D eigenvalue weighted by molar-refractivity contribution is -0.0427. The van der Waals surface area contributed by atoms with Crippen LogP contribution in [0.25, 0.3) is 22.2 Å². The summed E-state index contributed by atoms with van der Waals surface area (Å²) in [6.07, 6.45) is -2.63. The number of halogens is 2. The number of nitrogens with one attached hydrogen (secondary N) is 2.